The standard InChI is InChI=1S/C24H30N4O2/c1-3-28(4-2)23(30)21-16-27(15-18-8-7-13-25-14-18)17-24(21)12-11-19-9-5-6-10-20(19)22(29)26-24/h5-10,13-14,21H,3-4,11-12,15-17H2,1-2H3,(H,26,29)/t21-,24+/m1/s1. The van der Waals surface area contributed by atoms with Crippen molar-refractivity contribution in [3.8, 4) is 0 Å². The Hall–Kier alpha value is -2.73. The predicted molar refractivity (Wildman–Crippen MR) is 116 cm³/mol. The van der Waals surface area contributed by atoms with Gasteiger partial charge in [-0.2, -0.15) is 0 Å². The SMILES string of the molecule is CCN(CC)C(=O)[C@H]1CN(Cc2cccnc2)C[C@@]12CCc1ccccc1C(=O)N2. The minimum absolute atomic E-state index is 0.0660. The summed E-state index contributed by atoms with van der Waals surface area (Å²) in [5, 5.41) is 3.32. The first-order valence-electron chi connectivity index (χ1n) is 10.9. The predicted octanol–water partition coefficient (Wildman–Crippen LogP) is 2.50. The monoisotopic (exact) mass is 406 g/mol. The third kappa shape index (κ3) is 3.84. The number of nitrogens with zero attached hydrogens (tertiary/aromatic N) is 3. The van der Waals surface area contributed by atoms with Crippen LogP contribution in [0.1, 0.15) is 41.8 Å². The van der Waals surface area contributed by atoms with Crippen LogP contribution in [0.5, 0.6) is 0 Å². The molecule has 2 atom stereocenters. The number of carbonyl (C=O) groups excluding carboxylic acids is 2. The zero-order valence-corrected chi connectivity index (χ0v) is 17.8. The lowest BCUT2D eigenvalue weighted by molar-refractivity contribution is -0.136. The maximum absolute atomic E-state index is 13.5. The minimum Gasteiger partial charge on any atom is -0.344 e. The highest BCUT2D eigenvalue weighted by Gasteiger charge is 2.52. The van der Waals surface area contributed by atoms with Crippen LogP contribution in [0.15, 0.2) is 48.8 Å². The first-order chi connectivity index (χ1) is 14.6. The summed E-state index contributed by atoms with van der Waals surface area (Å²) in [6, 6.07) is 11.8. The van der Waals surface area contributed by atoms with Gasteiger partial charge in [-0.25, -0.2) is 0 Å². The van der Waals surface area contributed by atoms with Gasteiger partial charge in [0.15, 0.2) is 0 Å². The average Bonchev–Trinajstić information content (AvgIpc) is 3.04. The van der Waals surface area contributed by atoms with Gasteiger partial charge >= 0.3 is 0 Å². The van der Waals surface area contributed by atoms with Crippen LogP contribution in [-0.2, 0) is 17.8 Å². The highest BCUT2D eigenvalue weighted by molar-refractivity contribution is 5.97. The number of benzene rings is 1. The van der Waals surface area contributed by atoms with E-state index in [1.807, 2.05) is 55.3 Å². The first-order valence-corrected chi connectivity index (χ1v) is 10.9. The number of hydrogen-bond donors (Lipinski definition) is 1. The second-order valence-electron chi connectivity index (χ2n) is 8.36. The molecule has 0 radical (unpaired) electrons. The van der Waals surface area contributed by atoms with E-state index in [0.717, 1.165) is 36.1 Å². The molecule has 6 heteroatoms. The number of pyridine rings is 1. The summed E-state index contributed by atoms with van der Waals surface area (Å²) < 4.78 is 0. The molecule has 6 nitrogen and oxygen atoms in total. The second kappa shape index (κ2) is 8.56. The van der Waals surface area contributed by atoms with Gasteiger partial charge in [-0.15, -0.1) is 0 Å². The molecule has 1 aromatic carbocycles. The number of nitrogens with one attached hydrogen (secondary N) is 1. The van der Waals surface area contributed by atoms with Crippen molar-refractivity contribution in [3.63, 3.8) is 0 Å². The third-order valence-electron chi connectivity index (χ3n) is 6.58. The number of aromatic nitrogens is 1. The van der Waals surface area contributed by atoms with Gasteiger partial charge in [-0.05, 0) is 49.9 Å². The molecule has 2 aliphatic rings. The highest BCUT2D eigenvalue weighted by atomic mass is 16.2. The number of fused-ring (bicyclic) bond motifs is 1. The van der Waals surface area contributed by atoms with Gasteiger partial charge in [-0.3, -0.25) is 19.5 Å². The summed E-state index contributed by atoms with van der Waals surface area (Å²) in [6.45, 7) is 7.41. The largest absolute Gasteiger partial charge is 0.344 e. The highest BCUT2D eigenvalue weighted by Crippen LogP contribution is 2.37. The van der Waals surface area contributed by atoms with Gasteiger partial charge in [-0.1, -0.05) is 24.3 Å². The minimum atomic E-state index is -0.558. The summed E-state index contributed by atoms with van der Waals surface area (Å²) in [5.74, 6) is -0.184. The molecule has 2 aliphatic heterocycles. The summed E-state index contributed by atoms with van der Waals surface area (Å²) in [4.78, 5) is 35.1. The Kier molecular flexibility index (Phi) is 5.86. The normalized spacial score (nSPS) is 23.7. The Morgan fingerprint density at radius 3 is 2.77 bits per heavy atom. The zero-order chi connectivity index (χ0) is 21.1. The van der Waals surface area contributed by atoms with Crippen LogP contribution < -0.4 is 5.32 Å². The van der Waals surface area contributed by atoms with Crippen LogP contribution in [0.4, 0.5) is 0 Å². The van der Waals surface area contributed by atoms with Crippen LogP contribution in [0.2, 0.25) is 0 Å². The van der Waals surface area contributed by atoms with Crippen molar-refractivity contribution >= 4 is 11.8 Å². The van der Waals surface area contributed by atoms with Crippen molar-refractivity contribution in [1.82, 2.24) is 20.1 Å². The fraction of sp³-hybridized carbons (Fsp3) is 0.458. The van der Waals surface area contributed by atoms with Gasteiger partial charge in [0, 0.05) is 50.7 Å². The lowest BCUT2D eigenvalue weighted by atomic mass is 9.81. The molecule has 0 aliphatic carbocycles. The van der Waals surface area contributed by atoms with Crippen molar-refractivity contribution in [3.05, 3.63) is 65.5 Å². The molecule has 0 unspecified atom stereocenters. The van der Waals surface area contributed by atoms with Gasteiger partial charge in [0.1, 0.15) is 0 Å². The van der Waals surface area contributed by atoms with Gasteiger partial charge in [0.25, 0.3) is 5.91 Å². The molecule has 1 aromatic heterocycles. The Bertz CT molecular complexity index is 912. The fourth-order valence-corrected chi connectivity index (χ4v) is 5.00. The van der Waals surface area contributed by atoms with Crippen molar-refractivity contribution in [2.75, 3.05) is 26.2 Å². The number of aryl methyl sites for hydroxylation is 1. The van der Waals surface area contributed by atoms with E-state index in [1.165, 1.54) is 0 Å². The van der Waals surface area contributed by atoms with Gasteiger partial charge in [0.05, 0.1) is 11.5 Å². The van der Waals surface area contributed by atoms with E-state index in [0.29, 0.717) is 26.2 Å². The van der Waals surface area contributed by atoms with Crippen LogP contribution >= 0.6 is 0 Å². The van der Waals surface area contributed by atoms with E-state index in [2.05, 4.69) is 21.3 Å². The van der Waals surface area contributed by atoms with Crippen LogP contribution in [0.25, 0.3) is 0 Å². The summed E-state index contributed by atoms with van der Waals surface area (Å²) in [7, 11) is 0. The van der Waals surface area contributed by atoms with E-state index in [4.69, 9.17) is 0 Å². The molecular weight excluding hydrogens is 376 g/mol. The Morgan fingerprint density at radius 1 is 1.23 bits per heavy atom. The number of carbonyl (C=O) groups is 2. The van der Waals surface area contributed by atoms with E-state index >= 15 is 0 Å². The van der Waals surface area contributed by atoms with Crippen molar-refractivity contribution in [2.24, 2.45) is 5.92 Å². The Balaban J connectivity index is 1.65. The summed E-state index contributed by atoms with van der Waals surface area (Å²) in [6.07, 6.45) is 5.19. The van der Waals surface area contributed by atoms with Crippen molar-refractivity contribution in [2.45, 2.75) is 38.8 Å². The fourth-order valence-electron chi connectivity index (χ4n) is 5.00. The Morgan fingerprint density at radius 2 is 2.03 bits per heavy atom. The maximum atomic E-state index is 13.5. The van der Waals surface area contributed by atoms with Gasteiger partial charge < -0.3 is 10.2 Å². The quantitative estimate of drug-likeness (QED) is 0.829. The lowest BCUT2D eigenvalue weighted by Gasteiger charge is -2.36. The molecule has 3 heterocycles. The molecule has 2 amide bonds. The topological polar surface area (TPSA) is 65.5 Å². The molecule has 1 fully saturated rings. The molecule has 1 saturated heterocycles. The van der Waals surface area contributed by atoms with E-state index in [-0.39, 0.29) is 17.7 Å². The van der Waals surface area contributed by atoms with Crippen LogP contribution in [0, 0.1) is 5.92 Å². The maximum Gasteiger partial charge on any atom is 0.252 e. The molecule has 30 heavy (non-hydrogen) atoms. The molecule has 0 saturated carbocycles. The second-order valence-corrected chi connectivity index (χ2v) is 8.36. The lowest BCUT2D eigenvalue weighted by Crippen LogP contribution is -2.58. The number of hydrogen-bond acceptors (Lipinski definition) is 4. The van der Waals surface area contributed by atoms with Crippen molar-refractivity contribution in [1.29, 1.82) is 0 Å². The molecule has 1 spiro atoms. The smallest absolute Gasteiger partial charge is 0.252 e. The van der Waals surface area contributed by atoms with E-state index in [1.54, 1.807) is 6.20 Å². The Labute approximate surface area is 178 Å². The first kappa shape index (κ1) is 20.5. The molecule has 2 aromatic rings. The van der Waals surface area contributed by atoms with Crippen LogP contribution in [-0.4, -0.2) is 58.3 Å². The summed E-state index contributed by atoms with van der Waals surface area (Å²) in [5.41, 5.74) is 2.35. The average molecular weight is 407 g/mol. The molecule has 4 rings (SSSR count). The molecule has 1 N–H and O–H groups in total. The van der Waals surface area contributed by atoms with Crippen molar-refractivity contribution < 1.29 is 9.59 Å². The molecule has 0 bridgehead atoms. The summed E-state index contributed by atoms with van der Waals surface area (Å²) >= 11 is 0. The van der Waals surface area contributed by atoms with Crippen LogP contribution in [0.3, 0.4) is 0 Å². The molecular formula is C24H30N4O2. The van der Waals surface area contributed by atoms with Gasteiger partial charge in [0.2, 0.25) is 5.91 Å². The molecule has 158 valence electrons. The number of amides is 2. The number of rotatable bonds is 5. The third-order valence-corrected chi connectivity index (χ3v) is 6.58. The zero-order valence-electron chi connectivity index (χ0n) is 17.8. The number of likely N-dealkylation sites (tertiary alicyclic amines) is 1. The van der Waals surface area contributed by atoms with E-state index < -0.39 is 5.54 Å². The van der Waals surface area contributed by atoms with E-state index in [9.17, 15) is 9.59 Å².